The number of hydrogen-bond acceptors (Lipinski definition) is 5. The molecule has 0 aliphatic carbocycles. The van der Waals surface area contributed by atoms with E-state index in [2.05, 4.69) is 15.0 Å². The number of rotatable bonds is 4. The Labute approximate surface area is 169 Å². The number of aromatic nitrogens is 4. The molecule has 0 radical (unpaired) electrons. The van der Waals surface area contributed by atoms with Gasteiger partial charge in [-0.1, -0.05) is 6.07 Å². The summed E-state index contributed by atoms with van der Waals surface area (Å²) in [6, 6.07) is 10.7. The van der Waals surface area contributed by atoms with E-state index in [1.54, 1.807) is 36.0 Å². The van der Waals surface area contributed by atoms with Gasteiger partial charge in [0.1, 0.15) is 23.9 Å². The van der Waals surface area contributed by atoms with Crippen molar-refractivity contribution in [1.29, 1.82) is 5.26 Å². The summed E-state index contributed by atoms with van der Waals surface area (Å²) in [5, 5.41) is 9.36. The zero-order chi connectivity index (χ0) is 21.3. The zero-order valence-electron chi connectivity index (χ0n) is 15.7. The summed E-state index contributed by atoms with van der Waals surface area (Å²) in [4.78, 5) is 12.2. The maximum atomic E-state index is 13.7. The summed E-state index contributed by atoms with van der Waals surface area (Å²) in [5.41, 5.74) is 1.24. The fraction of sp³-hybridized carbons (Fsp3) is 0.143. The van der Waals surface area contributed by atoms with Crippen LogP contribution < -0.4 is 4.74 Å². The molecule has 30 heavy (non-hydrogen) atoms. The van der Waals surface area contributed by atoms with E-state index in [1.165, 1.54) is 24.7 Å². The van der Waals surface area contributed by atoms with E-state index in [1.807, 2.05) is 6.07 Å². The summed E-state index contributed by atoms with van der Waals surface area (Å²) in [5.74, 6) is -0.294. The van der Waals surface area contributed by atoms with Crippen molar-refractivity contribution in [2.24, 2.45) is 7.05 Å². The first-order chi connectivity index (χ1) is 14.4. The molecule has 0 saturated carbocycles. The molecule has 0 N–H and O–H groups in total. The molecule has 9 heteroatoms. The highest BCUT2D eigenvalue weighted by molar-refractivity contribution is 5.84. The van der Waals surface area contributed by atoms with E-state index in [0.29, 0.717) is 16.6 Å². The van der Waals surface area contributed by atoms with Crippen molar-refractivity contribution in [3.05, 3.63) is 71.9 Å². The monoisotopic (exact) mass is 409 g/mol. The molecule has 0 atom stereocenters. The Hall–Kier alpha value is -3.93. The van der Waals surface area contributed by atoms with Gasteiger partial charge >= 0.3 is 6.18 Å². The fourth-order valence-corrected chi connectivity index (χ4v) is 3.03. The molecule has 4 aromatic rings. The van der Waals surface area contributed by atoms with Gasteiger partial charge in [-0.3, -0.25) is 4.98 Å². The van der Waals surface area contributed by atoms with E-state index in [9.17, 15) is 18.4 Å². The minimum atomic E-state index is -4.63. The molecule has 3 heterocycles. The number of imidazole rings is 1. The number of benzene rings is 1. The Morgan fingerprint density at radius 1 is 1.20 bits per heavy atom. The van der Waals surface area contributed by atoms with Crippen molar-refractivity contribution >= 4 is 11.0 Å². The number of alkyl halides is 3. The predicted octanol–water partition coefficient (Wildman–Crippen LogP) is 4.50. The number of halogens is 3. The topological polar surface area (TPSA) is 76.6 Å². The highest BCUT2D eigenvalue weighted by atomic mass is 19.4. The Balaban J connectivity index is 1.76. The molecule has 6 nitrogen and oxygen atoms in total. The van der Waals surface area contributed by atoms with E-state index in [-0.39, 0.29) is 29.3 Å². The third-order valence-electron chi connectivity index (χ3n) is 4.52. The summed E-state index contributed by atoms with van der Waals surface area (Å²) < 4.78 is 48.2. The number of nitriles is 1. The molecule has 0 unspecified atom stereocenters. The van der Waals surface area contributed by atoms with Crippen LogP contribution in [0.15, 0.2) is 55.1 Å². The number of hydrogen-bond donors (Lipinski definition) is 0. The van der Waals surface area contributed by atoms with Crippen molar-refractivity contribution < 1.29 is 17.9 Å². The van der Waals surface area contributed by atoms with Gasteiger partial charge in [0.2, 0.25) is 0 Å². The van der Waals surface area contributed by atoms with Crippen LogP contribution in [0.3, 0.4) is 0 Å². The van der Waals surface area contributed by atoms with E-state index in [4.69, 9.17) is 4.74 Å². The zero-order valence-corrected chi connectivity index (χ0v) is 15.7. The predicted molar refractivity (Wildman–Crippen MR) is 102 cm³/mol. The lowest BCUT2D eigenvalue weighted by Gasteiger charge is -2.15. The second-order valence-corrected chi connectivity index (χ2v) is 6.55. The second kappa shape index (κ2) is 7.48. The number of ether oxygens (including phenoxy) is 1. The summed E-state index contributed by atoms with van der Waals surface area (Å²) in [7, 11) is 1.73. The van der Waals surface area contributed by atoms with Gasteiger partial charge in [0, 0.05) is 30.6 Å². The van der Waals surface area contributed by atoms with Gasteiger partial charge in [0.25, 0.3) is 0 Å². The number of fused-ring (bicyclic) bond motifs is 1. The average Bonchev–Trinajstić information content (AvgIpc) is 3.12. The molecular formula is C21H14F3N5O. The van der Waals surface area contributed by atoms with Gasteiger partial charge in [-0.2, -0.15) is 18.4 Å². The molecule has 3 aromatic heterocycles. The molecule has 0 aliphatic heterocycles. The van der Waals surface area contributed by atoms with Crippen LogP contribution in [0.5, 0.6) is 5.75 Å². The summed E-state index contributed by atoms with van der Waals surface area (Å²) >= 11 is 0. The highest BCUT2D eigenvalue weighted by Crippen LogP contribution is 2.39. The number of aryl methyl sites for hydroxylation is 1. The van der Waals surface area contributed by atoms with E-state index >= 15 is 0 Å². The Morgan fingerprint density at radius 2 is 2.03 bits per heavy atom. The molecule has 0 bridgehead atoms. The van der Waals surface area contributed by atoms with Crippen LogP contribution in [0, 0.1) is 11.3 Å². The lowest BCUT2D eigenvalue weighted by Crippen LogP contribution is -2.09. The molecular weight excluding hydrogens is 395 g/mol. The van der Waals surface area contributed by atoms with Crippen LogP contribution in [0.1, 0.15) is 16.8 Å². The van der Waals surface area contributed by atoms with Gasteiger partial charge in [0.15, 0.2) is 5.69 Å². The van der Waals surface area contributed by atoms with Crippen molar-refractivity contribution in [2.45, 2.75) is 12.8 Å². The van der Waals surface area contributed by atoms with E-state index in [0.717, 1.165) is 6.07 Å². The Bertz CT molecular complexity index is 1260. The molecule has 4 rings (SSSR count). The van der Waals surface area contributed by atoms with Gasteiger partial charge in [0.05, 0.1) is 23.1 Å². The molecule has 1 aromatic carbocycles. The first-order valence-corrected chi connectivity index (χ1v) is 8.82. The van der Waals surface area contributed by atoms with Gasteiger partial charge in [-0.05, 0) is 30.3 Å². The van der Waals surface area contributed by atoms with Crippen molar-refractivity contribution in [3.8, 4) is 23.1 Å². The second-order valence-electron chi connectivity index (χ2n) is 6.55. The van der Waals surface area contributed by atoms with Gasteiger partial charge < -0.3 is 9.30 Å². The van der Waals surface area contributed by atoms with Crippen LogP contribution in [0.25, 0.3) is 22.3 Å². The fourth-order valence-electron chi connectivity index (χ4n) is 3.03. The van der Waals surface area contributed by atoms with Crippen molar-refractivity contribution in [3.63, 3.8) is 0 Å². The SMILES string of the molecule is Cn1cnc2c(C#N)nc(-c3ccc(OCc4cccnc4)c(C(F)(F)F)c3)cc21. The number of nitrogens with zero attached hydrogens (tertiary/aromatic N) is 5. The van der Waals surface area contributed by atoms with Gasteiger partial charge in [-0.15, -0.1) is 0 Å². The molecule has 0 saturated heterocycles. The molecule has 0 spiro atoms. The largest absolute Gasteiger partial charge is 0.488 e. The van der Waals surface area contributed by atoms with Crippen LogP contribution in [-0.2, 0) is 19.8 Å². The Kier molecular flexibility index (Phi) is 4.83. The molecule has 0 aliphatic rings. The normalized spacial score (nSPS) is 11.4. The van der Waals surface area contributed by atoms with Crippen LogP contribution in [0.4, 0.5) is 13.2 Å². The summed E-state index contributed by atoms with van der Waals surface area (Å²) in [6.45, 7) is -0.0475. The summed E-state index contributed by atoms with van der Waals surface area (Å²) in [6.07, 6.45) is -0.0123. The molecule has 0 amide bonds. The molecule has 150 valence electrons. The van der Waals surface area contributed by atoms with E-state index < -0.39 is 11.7 Å². The maximum Gasteiger partial charge on any atom is 0.419 e. The standard InChI is InChI=1S/C21H14F3N5O/c1-29-12-27-20-17(9-25)28-16(8-18(20)29)14-4-5-19(15(7-14)21(22,23)24)30-11-13-3-2-6-26-10-13/h2-8,10,12H,11H2,1H3. The minimum Gasteiger partial charge on any atom is -0.488 e. The average molecular weight is 409 g/mol. The smallest absolute Gasteiger partial charge is 0.419 e. The van der Waals surface area contributed by atoms with Gasteiger partial charge in [-0.25, -0.2) is 9.97 Å². The van der Waals surface area contributed by atoms with Crippen LogP contribution in [0.2, 0.25) is 0 Å². The lowest BCUT2D eigenvalue weighted by molar-refractivity contribution is -0.139. The highest BCUT2D eigenvalue weighted by Gasteiger charge is 2.35. The van der Waals surface area contributed by atoms with Crippen LogP contribution >= 0.6 is 0 Å². The van der Waals surface area contributed by atoms with Crippen molar-refractivity contribution in [2.75, 3.05) is 0 Å². The third kappa shape index (κ3) is 3.67. The first-order valence-electron chi connectivity index (χ1n) is 8.82. The van der Waals surface area contributed by atoms with Crippen LogP contribution in [-0.4, -0.2) is 19.5 Å². The third-order valence-corrected chi connectivity index (χ3v) is 4.52. The maximum absolute atomic E-state index is 13.7. The number of pyridine rings is 2. The van der Waals surface area contributed by atoms with Crippen molar-refractivity contribution in [1.82, 2.24) is 19.5 Å². The Morgan fingerprint density at radius 3 is 2.73 bits per heavy atom. The quantitative estimate of drug-likeness (QED) is 0.496. The first kappa shape index (κ1) is 19.4. The minimum absolute atomic E-state index is 0.0475. The molecule has 0 fully saturated rings. The lowest BCUT2D eigenvalue weighted by atomic mass is 10.1.